The van der Waals surface area contributed by atoms with E-state index in [1.165, 1.54) is 30.7 Å². The van der Waals surface area contributed by atoms with Gasteiger partial charge in [0.15, 0.2) is 0 Å². The fraction of sp³-hybridized carbons (Fsp3) is 0.316. The summed E-state index contributed by atoms with van der Waals surface area (Å²) in [5.41, 5.74) is -0.0735. The van der Waals surface area contributed by atoms with E-state index >= 15 is 0 Å². The molecule has 0 aliphatic carbocycles. The molecular weight excluding hydrogens is 387 g/mol. The lowest BCUT2D eigenvalue weighted by Crippen LogP contribution is -2.39. The summed E-state index contributed by atoms with van der Waals surface area (Å²) in [5, 5.41) is 8.01. The molecule has 1 saturated heterocycles. The minimum Gasteiger partial charge on any atom is -0.420 e. The van der Waals surface area contributed by atoms with E-state index in [9.17, 15) is 18.0 Å². The predicted octanol–water partition coefficient (Wildman–Crippen LogP) is 3.57. The highest BCUT2D eigenvalue weighted by Crippen LogP contribution is 2.32. The Morgan fingerprint density at radius 3 is 2.62 bits per heavy atom. The van der Waals surface area contributed by atoms with Crippen molar-refractivity contribution in [3.05, 3.63) is 60.0 Å². The highest BCUT2D eigenvalue weighted by molar-refractivity contribution is 5.92. The van der Waals surface area contributed by atoms with Gasteiger partial charge in [0.1, 0.15) is 5.69 Å². The number of nitrogens with zero attached hydrogens (tertiary/aromatic N) is 5. The third-order valence-electron chi connectivity index (χ3n) is 4.74. The van der Waals surface area contributed by atoms with Crippen molar-refractivity contribution in [3.63, 3.8) is 0 Å². The molecule has 3 heterocycles. The van der Waals surface area contributed by atoms with Gasteiger partial charge in [0.2, 0.25) is 11.8 Å². The fourth-order valence-electron chi connectivity index (χ4n) is 3.25. The highest BCUT2D eigenvalue weighted by atomic mass is 19.4. The third-order valence-corrected chi connectivity index (χ3v) is 4.74. The van der Waals surface area contributed by atoms with Gasteiger partial charge in [0.25, 0.3) is 5.91 Å². The van der Waals surface area contributed by atoms with Crippen molar-refractivity contribution in [3.8, 4) is 11.5 Å². The Hall–Kier alpha value is -3.30. The number of carbonyl (C=O) groups is 1. The van der Waals surface area contributed by atoms with Crippen LogP contribution < -0.4 is 0 Å². The molecule has 7 nitrogen and oxygen atoms in total. The van der Waals surface area contributed by atoms with E-state index < -0.39 is 11.7 Å². The summed E-state index contributed by atoms with van der Waals surface area (Å²) in [6.07, 6.45) is 1.49. The fourth-order valence-corrected chi connectivity index (χ4v) is 3.25. The van der Waals surface area contributed by atoms with Crippen LogP contribution in [-0.4, -0.2) is 44.1 Å². The molecule has 1 aromatic carbocycles. The first-order valence-corrected chi connectivity index (χ1v) is 8.98. The van der Waals surface area contributed by atoms with E-state index in [-0.39, 0.29) is 23.4 Å². The highest BCUT2D eigenvalue weighted by Gasteiger charge is 2.31. The van der Waals surface area contributed by atoms with E-state index in [4.69, 9.17) is 4.42 Å². The smallest absolute Gasteiger partial charge is 0.416 e. The minimum absolute atomic E-state index is 0.145. The lowest BCUT2D eigenvalue weighted by atomic mass is 9.98. The van der Waals surface area contributed by atoms with Crippen LogP contribution in [0.1, 0.15) is 40.7 Å². The Bertz CT molecular complexity index is 989. The second kappa shape index (κ2) is 7.61. The summed E-state index contributed by atoms with van der Waals surface area (Å²) >= 11 is 0. The number of piperidine rings is 1. The monoisotopic (exact) mass is 403 g/mol. The summed E-state index contributed by atoms with van der Waals surface area (Å²) in [5.74, 6) is 0.132. The largest absolute Gasteiger partial charge is 0.420 e. The Morgan fingerprint density at radius 1 is 1.14 bits per heavy atom. The molecule has 1 aliphatic rings. The first-order valence-electron chi connectivity index (χ1n) is 8.98. The van der Waals surface area contributed by atoms with Crippen molar-refractivity contribution in [1.29, 1.82) is 0 Å². The number of amides is 1. The zero-order valence-corrected chi connectivity index (χ0v) is 15.1. The van der Waals surface area contributed by atoms with Crippen LogP contribution >= 0.6 is 0 Å². The Labute approximate surface area is 163 Å². The van der Waals surface area contributed by atoms with Gasteiger partial charge in [-0.15, -0.1) is 10.2 Å². The van der Waals surface area contributed by atoms with Gasteiger partial charge < -0.3 is 9.32 Å². The van der Waals surface area contributed by atoms with Crippen LogP contribution in [0.4, 0.5) is 13.2 Å². The number of aromatic nitrogens is 4. The van der Waals surface area contributed by atoms with Crippen LogP contribution in [0.25, 0.3) is 11.5 Å². The van der Waals surface area contributed by atoms with E-state index in [1.54, 1.807) is 4.90 Å². The molecule has 0 saturated carbocycles. The first-order chi connectivity index (χ1) is 13.9. The maximum absolute atomic E-state index is 12.7. The van der Waals surface area contributed by atoms with E-state index in [0.29, 0.717) is 24.5 Å². The number of rotatable bonds is 3. The van der Waals surface area contributed by atoms with Crippen molar-refractivity contribution >= 4 is 5.91 Å². The Morgan fingerprint density at radius 2 is 1.93 bits per heavy atom. The number of alkyl halides is 3. The lowest BCUT2D eigenvalue weighted by Gasteiger charge is -2.30. The van der Waals surface area contributed by atoms with Crippen molar-refractivity contribution in [2.24, 2.45) is 0 Å². The second-order valence-electron chi connectivity index (χ2n) is 6.70. The van der Waals surface area contributed by atoms with Crippen LogP contribution in [0.5, 0.6) is 0 Å². The Kier molecular flexibility index (Phi) is 4.99. The average molecular weight is 403 g/mol. The van der Waals surface area contributed by atoms with Gasteiger partial charge in [0, 0.05) is 31.0 Å². The number of likely N-dealkylation sites (tertiary alicyclic amines) is 1. The van der Waals surface area contributed by atoms with Gasteiger partial charge in [-0.05, 0) is 37.1 Å². The molecule has 1 atom stereocenters. The molecule has 3 aromatic rings. The molecule has 10 heteroatoms. The van der Waals surface area contributed by atoms with Crippen molar-refractivity contribution in [1.82, 2.24) is 25.1 Å². The molecule has 29 heavy (non-hydrogen) atoms. The molecule has 150 valence electrons. The molecule has 0 spiro atoms. The summed E-state index contributed by atoms with van der Waals surface area (Å²) in [7, 11) is 0. The van der Waals surface area contributed by atoms with Crippen LogP contribution in [-0.2, 0) is 6.18 Å². The SMILES string of the molecule is O=C(c1cnccn1)N1CCCC(c2nnc(-c3ccc(C(F)(F)F)cc3)o2)C1. The van der Waals surface area contributed by atoms with E-state index in [0.717, 1.165) is 25.0 Å². The summed E-state index contributed by atoms with van der Waals surface area (Å²) < 4.78 is 43.8. The van der Waals surface area contributed by atoms with Crippen molar-refractivity contribution < 1.29 is 22.4 Å². The van der Waals surface area contributed by atoms with Gasteiger partial charge in [-0.2, -0.15) is 13.2 Å². The van der Waals surface area contributed by atoms with E-state index in [2.05, 4.69) is 20.2 Å². The zero-order valence-electron chi connectivity index (χ0n) is 15.1. The van der Waals surface area contributed by atoms with Crippen molar-refractivity contribution in [2.75, 3.05) is 13.1 Å². The molecule has 1 unspecified atom stereocenters. The third kappa shape index (κ3) is 4.10. The maximum Gasteiger partial charge on any atom is 0.416 e. The topological polar surface area (TPSA) is 85.0 Å². The van der Waals surface area contributed by atoms with Crippen LogP contribution in [0.2, 0.25) is 0 Å². The molecule has 0 N–H and O–H groups in total. The van der Waals surface area contributed by atoms with Crippen LogP contribution in [0.15, 0.2) is 47.3 Å². The summed E-state index contributed by atoms with van der Waals surface area (Å²) in [6.45, 7) is 0.982. The van der Waals surface area contributed by atoms with Crippen molar-refractivity contribution in [2.45, 2.75) is 24.9 Å². The molecule has 4 rings (SSSR count). The molecule has 1 fully saturated rings. The second-order valence-corrected chi connectivity index (χ2v) is 6.70. The molecule has 2 aromatic heterocycles. The first kappa shape index (κ1) is 19.0. The zero-order chi connectivity index (χ0) is 20.4. The van der Waals surface area contributed by atoms with Crippen LogP contribution in [0.3, 0.4) is 0 Å². The number of halogens is 3. The predicted molar refractivity (Wildman–Crippen MR) is 94.6 cm³/mol. The number of hydrogen-bond acceptors (Lipinski definition) is 6. The average Bonchev–Trinajstić information content (AvgIpc) is 3.24. The standard InChI is InChI=1S/C19H16F3N5O2/c20-19(21,22)14-5-3-12(4-6-14)16-25-26-17(29-16)13-2-1-9-27(11-13)18(28)15-10-23-7-8-24-15/h3-8,10,13H,1-2,9,11H2. The quantitative estimate of drug-likeness (QED) is 0.665. The number of hydrogen-bond donors (Lipinski definition) is 0. The number of carbonyl (C=O) groups excluding carboxylic acids is 1. The van der Waals surface area contributed by atoms with Gasteiger partial charge in [0.05, 0.1) is 17.7 Å². The van der Waals surface area contributed by atoms with Crippen LogP contribution in [0, 0.1) is 0 Å². The molecule has 1 aliphatic heterocycles. The van der Waals surface area contributed by atoms with E-state index in [1.807, 2.05) is 0 Å². The molecule has 1 amide bonds. The maximum atomic E-state index is 12.7. The molecule has 0 bridgehead atoms. The van der Waals surface area contributed by atoms with Gasteiger partial charge in [-0.1, -0.05) is 0 Å². The summed E-state index contributed by atoms with van der Waals surface area (Å²) in [6, 6.07) is 4.54. The van der Waals surface area contributed by atoms with Gasteiger partial charge >= 0.3 is 6.18 Å². The summed E-state index contributed by atoms with van der Waals surface area (Å²) in [4.78, 5) is 22.2. The Balaban J connectivity index is 1.48. The molecule has 0 radical (unpaired) electrons. The number of benzene rings is 1. The lowest BCUT2D eigenvalue weighted by molar-refractivity contribution is -0.137. The minimum atomic E-state index is -4.40. The van der Waals surface area contributed by atoms with Gasteiger partial charge in [-0.25, -0.2) is 4.98 Å². The molecular formula is C19H16F3N5O2. The van der Waals surface area contributed by atoms with Gasteiger partial charge in [-0.3, -0.25) is 9.78 Å². The normalized spacial score (nSPS) is 17.3.